The van der Waals surface area contributed by atoms with Gasteiger partial charge in [-0.1, -0.05) is 41.4 Å². The molecule has 2 aromatic carbocycles. The van der Waals surface area contributed by atoms with Gasteiger partial charge in [0.1, 0.15) is 0 Å². The van der Waals surface area contributed by atoms with Crippen LogP contribution in [-0.4, -0.2) is 20.0 Å². The van der Waals surface area contributed by atoms with Crippen LogP contribution in [-0.2, 0) is 6.42 Å². The minimum absolute atomic E-state index is 0.0511. The van der Waals surface area contributed by atoms with E-state index in [1.807, 2.05) is 31.2 Å². The van der Waals surface area contributed by atoms with Crippen molar-refractivity contribution in [2.24, 2.45) is 0 Å². The predicted molar refractivity (Wildman–Crippen MR) is 83.8 cm³/mol. The van der Waals surface area contributed by atoms with Crippen LogP contribution in [0.2, 0.25) is 5.02 Å². The van der Waals surface area contributed by atoms with Crippen molar-refractivity contribution in [2.45, 2.75) is 13.3 Å². The summed E-state index contributed by atoms with van der Waals surface area (Å²) in [6, 6.07) is 11.1. The molecule has 2 aromatic rings. The number of methoxy groups -OCH3 is 2. The van der Waals surface area contributed by atoms with E-state index in [2.05, 4.69) is 0 Å². The molecule has 0 saturated heterocycles. The van der Waals surface area contributed by atoms with Gasteiger partial charge in [0, 0.05) is 18.1 Å². The molecule has 0 aromatic heterocycles. The first-order chi connectivity index (χ1) is 10.0. The van der Waals surface area contributed by atoms with Gasteiger partial charge in [0.05, 0.1) is 19.2 Å². The number of hydrogen-bond acceptors (Lipinski definition) is 3. The van der Waals surface area contributed by atoms with Crippen molar-refractivity contribution in [1.29, 1.82) is 0 Å². The average molecular weight is 305 g/mol. The van der Waals surface area contributed by atoms with E-state index in [4.69, 9.17) is 21.1 Å². The molecule has 0 atom stereocenters. The summed E-state index contributed by atoms with van der Waals surface area (Å²) in [5.74, 6) is 0.952. The molecule has 0 aliphatic carbocycles. The van der Waals surface area contributed by atoms with Crippen LogP contribution in [0.15, 0.2) is 36.4 Å². The van der Waals surface area contributed by atoms with Crippen molar-refractivity contribution in [3.8, 4) is 11.5 Å². The zero-order chi connectivity index (χ0) is 15.4. The largest absolute Gasteiger partial charge is 0.493 e. The number of hydrogen-bond donors (Lipinski definition) is 0. The van der Waals surface area contributed by atoms with Crippen molar-refractivity contribution in [2.75, 3.05) is 14.2 Å². The van der Waals surface area contributed by atoms with Crippen LogP contribution in [0.3, 0.4) is 0 Å². The minimum Gasteiger partial charge on any atom is -0.493 e. The quantitative estimate of drug-likeness (QED) is 0.780. The lowest BCUT2D eigenvalue weighted by Crippen LogP contribution is -2.05. The molecule has 0 N–H and O–H groups in total. The molecule has 0 saturated carbocycles. The van der Waals surface area contributed by atoms with Crippen molar-refractivity contribution in [3.63, 3.8) is 0 Å². The van der Waals surface area contributed by atoms with Gasteiger partial charge in [-0.05, 0) is 18.6 Å². The van der Waals surface area contributed by atoms with Crippen LogP contribution in [0, 0.1) is 6.92 Å². The number of carbonyl (C=O) groups is 1. The lowest BCUT2D eigenvalue weighted by atomic mass is 10.0. The third kappa shape index (κ3) is 3.56. The van der Waals surface area contributed by atoms with Crippen LogP contribution in [0.1, 0.15) is 21.5 Å². The fraction of sp³-hybridized carbons (Fsp3) is 0.235. The fourth-order valence-corrected chi connectivity index (χ4v) is 2.31. The SMILES string of the molecule is COc1cc(Cl)c(C(=O)Cc2ccc(C)cc2)cc1OC. The molecule has 3 nitrogen and oxygen atoms in total. The van der Waals surface area contributed by atoms with Gasteiger partial charge >= 0.3 is 0 Å². The molecule has 0 radical (unpaired) electrons. The summed E-state index contributed by atoms with van der Waals surface area (Å²) < 4.78 is 10.4. The van der Waals surface area contributed by atoms with E-state index in [0.29, 0.717) is 28.5 Å². The Bertz CT molecular complexity index is 648. The number of benzene rings is 2. The Balaban J connectivity index is 2.28. The number of halogens is 1. The minimum atomic E-state index is -0.0511. The van der Waals surface area contributed by atoms with E-state index in [9.17, 15) is 4.79 Å². The molecular formula is C17H17ClO3. The predicted octanol–water partition coefficient (Wildman–Crippen LogP) is 4.09. The van der Waals surface area contributed by atoms with Crippen molar-refractivity contribution in [3.05, 3.63) is 58.1 Å². The van der Waals surface area contributed by atoms with Crippen LogP contribution in [0.25, 0.3) is 0 Å². The monoisotopic (exact) mass is 304 g/mol. The van der Waals surface area contributed by atoms with Gasteiger partial charge in [-0.2, -0.15) is 0 Å². The van der Waals surface area contributed by atoms with Crippen LogP contribution in [0.4, 0.5) is 0 Å². The number of aryl methyl sites for hydroxylation is 1. The number of ketones is 1. The topological polar surface area (TPSA) is 35.5 Å². The van der Waals surface area contributed by atoms with Crippen molar-refractivity contribution < 1.29 is 14.3 Å². The van der Waals surface area contributed by atoms with Crippen LogP contribution < -0.4 is 9.47 Å². The lowest BCUT2D eigenvalue weighted by Gasteiger charge is -2.11. The maximum Gasteiger partial charge on any atom is 0.168 e. The fourth-order valence-electron chi connectivity index (χ4n) is 2.05. The van der Waals surface area contributed by atoms with E-state index in [1.165, 1.54) is 14.2 Å². The van der Waals surface area contributed by atoms with Crippen molar-refractivity contribution in [1.82, 2.24) is 0 Å². The number of ether oxygens (including phenoxy) is 2. The zero-order valence-corrected chi connectivity index (χ0v) is 13.0. The Morgan fingerprint density at radius 2 is 1.62 bits per heavy atom. The summed E-state index contributed by atoms with van der Waals surface area (Å²) >= 11 is 6.17. The molecule has 110 valence electrons. The van der Waals surface area contributed by atoms with E-state index in [0.717, 1.165) is 11.1 Å². The van der Waals surface area contributed by atoms with Gasteiger partial charge in [-0.3, -0.25) is 4.79 Å². The molecule has 0 unspecified atom stereocenters. The van der Waals surface area contributed by atoms with Gasteiger partial charge in [-0.15, -0.1) is 0 Å². The smallest absolute Gasteiger partial charge is 0.168 e. The summed E-state index contributed by atoms with van der Waals surface area (Å²) in [7, 11) is 3.06. The summed E-state index contributed by atoms with van der Waals surface area (Å²) in [6.45, 7) is 2.01. The number of carbonyl (C=O) groups excluding carboxylic acids is 1. The molecule has 21 heavy (non-hydrogen) atoms. The van der Waals surface area contributed by atoms with Crippen LogP contribution in [0.5, 0.6) is 11.5 Å². The number of rotatable bonds is 5. The second-order valence-corrected chi connectivity index (χ2v) is 5.18. The van der Waals surface area contributed by atoms with Gasteiger partial charge in [-0.25, -0.2) is 0 Å². The third-order valence-corrected chi connectivity index (χ3v) is 3.57. The number of Topliss-reactive ketones (excluding diaryl/α,β-unsaturated/α-hetero) is 1. The normalized spacial score (nSPS) is 10.3. The highest BCUT2D eigenvalue weighted by Crippen LogP contribution is 2.33. The molecule has 0 bridgehead atoms. The van der Waals surface area contributed by atoms with Gasteiger partial charge in [0.15, 0.2) is 17.3 Å². The van der Waals surface area contributed by atoms with Gasteiger partial charge in [0.25, 0.3) is 0 Å². The highest BCUT2D eigenvalue weighted by Gasteiger charge is 2.16. The van der Waals surface area contributed by atoms with Crippen LogP contribution >= 0.6 is 11.6 Å². The molecule has 0 aliphatic heterocycles. The Kier molecular flexibility index (Phi) is 4.86. The standard InChI is InChI=1S/C17H17ClO3/c1-11-4-6-12(7-5-11)8-15(19)13-9-16(20-2)17(21-3)10-14(13)18/h4-7,9-10H,8H2,1-3H3. The Hall–Kier alpha value is -2.00. The van der Waals surface area contributed by atoms with Gasteiger partial charge in [0.2, 0.25) is 0 Å². The maximum atomic E-state index is 12.4. The molecule has 0 aliphatic rings. The first kappa shape index (κ1) is 15.4. The molecular weight excluding hydrogens is 288 g/mol. The molecule has 4 heteroatoms. The van der Waals surface area contributed by atoms with E-state index < -0.39 is 0 Å². The first-order valence-electron chi connectivity index (χ1n) is 6.55. The molecule has 0 spiro atoms. The molecule has 2 rings (SSSR count). The van der Waals surface area contributed by atoms with E-state index in [1.54, 1.807) is 12.1 Å². The summed E-state index contributed by atoms with van der Waals surface area (Å²) in [5.41, 5.74) is 2.56. The first-order valence-corrected chi connectivity index (χ1v) is 6.93. The average Bonchev–Trinajstić information content (AvgIpc) is 2.49. The highest BCUT2D eigenvalue weighted by molar-refractivity contribution is 6.34. The summed E-state index contributed by atoms with van der Waals surface area (Å²) in [4.78, 5) is 12.4. The zero-order valence-electron chi connectivity index (χ0n) is 12.3. The Labute approximate surface area is 129 Å². The lowest BCUT2D eigenvalue weighted by molar-refractivity contribution is 0.0992. The third-order valence-electron chi connectivity index (χ3n) is 3.26. The second-order valence-electron chi connectivity index (χ2n) is 4.77. The van der Waals surface area contributed by atoms with Crippen molar-refractivity contribution >= 4 is 17.4 Å². The molecule has 0 amide bonds. The highest BCUT2D eigenvalue weighted by atomic mass is 35.5. The Morgan fingerprint density at radius 3 is 2.19 bits per heavy atom. The molecule has 0 heterocycles. The maximum absolute atomic E-state index is 12.4. The van der Waals surface area contributed by atoms with E-state index in [-0.39, 0.29) is 5.78 Å². The van der Waals surface area contributed by atoms with E-state index >= 15 is 0 Å². The second kappa shape index (κ2) is 6.64. The Morgan fingerprint density at radius 1 is 1.05 bits per heavy atom. The molecule has 0 fully saturated rings. The van der Waals surface area contributed by atoms with Gasteiger partial charge < -0.3 is 9.47 Å². The summed E-state index contributed by atoms with van der Waals surface area (Å²) in [6.07, 6.45) is 0.301. The summed E-state index contributed by atoms with van der Waals surface area (Å²) in [5, 5.41) is 0.366.